The van der Waals surface area contributed by atoms with Crippen LogP contribution >= 0.6 is 12.2 Å². The molecule has 0 saturated carbocycles. The van der Waals surface area contributed by atoms with Crippen molar-refractivity contribution in [2.24, 2.45) is 0 Å². The molecule has 0 bridgehead atoms. The van der Waals surface area contributed by atoms with E-state index in [2.05, 4.69) is 4.98 Å². The van der Waals surface area contributed by atoms with Crippen molar-refractivity contribution >= 4 is 28.6 Å². The average Bonchev–Trinajstić information content (AvgIpc) is 2.60. The molecule has 25 heavy (non-hydrogen) atoms. The largest absolute Gasteiger partial charge is 0.453 e. The zero-order valence-electron chi connectivity index (χ0n) is 12.8. The lowest BCUT2D eigenvalue weighted by Crippen LogP contribution is -2.13. The maximum atomic E-state index is 11.5. The van der Waals surface area contributed by atoms with Gasteiger partial charge in [-0.1, -0.05) is 18.2 Å². The van der Waals surface area contributed by atoms with E-state index in [4.69, 9.17) is 26.1 Å². The number of fused-ring (bicyclic) bond motifs is 2. The van der Waals surface area contributed by atoms with Crippen LogP contribution in [0.5, 0.6) is 11.5 Å². The summed E-state index contributed by atoms with van der Waals surface area (Å²) >= 11 is 5.10. The second-order valence-corrected chi connectivity index (χ2v) is 5.57. The molecule has 4 rings (SSSR count). The summed E-state index contributed by atoms with van der Waals surface area (Å²) < 4.78 is 16.7. The van der Waals surface area contributed by atoms with Crippen LogP contribution in [0, 0.1) is 0 Å². The van der Waals surface area contributed by atoms with Crippen molar-refractivity contribution in [2.75, 3.05) is 0 Å². The van der Waals surface area contributed by atoms with Gasteiger partial charge in [-0.15, -0.1) is 0 Å². The highest BCUT2D eigenvalue weighted by molar-refractivity contribution is 7.79. The Morgan fingerprint density at radius 1 is 0.920 bits per heavy atom. The van der Waals surface area contributed by atoms with Gasteiger partial charge in [-0.2, -0.15) is 0 Å². The van der Waals surface area contributed by atoms with Gasteiger partial charge in [0.2, 0.25) is 0 Å². The van der Waals surface area contributed by atoms with Crippen molar-refractivity contribution in [3.8, 4) is 23.0 Å². The quantitative estimate of drug-likeness (QED) is 0.402. The molecule has 2 aliphatic rings. The van der Waals surface area contributed by atoms with Crippen LogP contribution in [0.15, 0.2) is 75.9 Å². The Morgan fingerprint density at radius 3 is 2.56 bits per heavy atom. The van der Waals surface area contributed by atoms with Gasteiger partial charge in [-0.25, -0.2) is 4.98 Å². The number of aromatic nitrogens is 1. The standard InChI is InChI=1S/C19H11NO4S/c21-12-6-8-15-17(10-12)24-18-11-14(7-9-16(18)20-15)23-19(25)22-13-4-2-1-3-5-13/h1-11H. The minimum atomic E-state index is -0.137. The Kier molecular flexibility index (Phi) is 3.87. The van der Waals surface area contributed by atoms with Gasteiger partial charge >= 0.3 is 5.24 Å². The van der Waals surface area contributed by atoms with Gasteiger partial charge in [0.05, 0.1) is 0 Å². The van der Waals surface area contributed by atoms with E-state index in [9.17, 15) is 4.79 Å². The predicted molar refractivity (Wildman–Crippen MR) is 97.2 cm³/mol. The molecule has 2 aromatic rings. The number of ether oxygens (including phenoxy) is 2. The minimum Gasteiger partial charge on any atom is -0.453 e. The van der Waals surface area contributed by atoms with Gasteiger partial charge < -0.3 is 13.9 Å². The first-order valence-electron chi connectivity index (χ1n) is 7.47. The topological polar surface area (TPSA) is 61.6 Å². The summed E-state index contributed by atoms with van der Waals surface area (Å²) in [6.07, 6.45) is 0. The van der Waals surface area contributed by atoms with Gasteiger partial charge in [-0.05, 0) is 36.4 Å². The third kappa shape index (κ3) is 3.34. The third-order valence-corrected chi connectivity index (χ3v) is 3.64. The second-order valence-electron chi connectivity index (χ2n) is 5.24. The first-order valence-corrected chi connectivity index (χ1v) is 7.88. The van der Waals surface area contributed by atoms with Crippen molar-refractivity contribution in [1.29, 1.82) is 0 Å². The van der Waals surface area contributed by atoms with E-state index < -0.39 is 0 Å². The van der Waals surface area contributed by atoms with E-state index in [0.717, 1.165) is 0 Å². The van der Waals surface area contributed by atoms with Crippen LogP contribution in [-0.4, -0.2) is 10.2 Å². The first-order chi connectivity index (χ1) is 12.2. The van der Waals surface area contributed by atoms with E-state index in [0.29, 0.717) is 34.1 Å². The molecule has 0 atom stereocenters. The normalized spacial score (nSPS) is 10.7. The SMILES string of the molecule is O=c1ccc2nc3ccc(OC(=S)Oc4ccccc4)cc3oc-2c1. The number of rotatable bonds is 2. The van der Waals surface area contributed by atoms with Crippen LogP contribution in [0.4, 0.5) is 0 Å². The molecular weight excluding hydrogens is 338 g/mol. The monoisotopic (exact) mass is 349 g/mol. The van der Waals surface area contributed by atoms with E-state index >= 15 is 0 Å². The van der Waals surface area contributed by atoms with Crippen LogP contribution in [0.3, 0.4) is 0 Å². The van der Waals surface area contributed by atoms with Crippen LogP contribution in [0.25, 0.3) is 22.6 Å². The predicted octanol–water partition coefficient (Wildman–Crippen LogP) is 4.04. The maximum Gasteiger partial charge on any atom is 0.363 e. The molecule has 2 aromatic carbocycles. The Morgan fingerprint density at radius 2 is 1.72 bits per heavy atom. The molecule has 6 heteroatoms. The molecule has 122 valence electrons. The molecule has 0 fully saturated rings. The fraction of sp³-hybridized carbons (Fsp3) is 0. The Hall–Kier alpha value is -3.25. The number of hydrogen-bond acceptors (Lipinski definition) is 6. The van der Waals surface area contributed by atoms with Crippen LogP contribution in [-0.2, 0) is 0 Å². The van der Waals surface area contributed by atoms with Crippen molar-refractivity contribution in [2.45, 2.75) is 0 Å². The number of para-hydroxylation sites is 1. The van der Waals surface area contributed by atoms with E-state index in [-0.39, 0.29) is 10.7 Å². The smallest absolute Gasteiger partial charge is 0.363 e. The lowest BCUT2D eigenvalue weighted by molar-refractivity contribution is 0.403. The Bertz CT molecular complexity index is 1090. The van der Waals surface area contributed by atoms with Crippen molar-refractivity contribution in [1.82, 2.24) is 4.98 Å². The molecule has 0 N–H and O–H groups in total. The van der Waals surface area contributed by atoms with E-state index in [1.807, 2.05) is 18.2 Å². The molecule has 0 aromatic heterocycles. The number of benzene rings is 3. The summed E-state index contributed by atoms with van der Waals surface area (Å²) in [5, 5.41) is -0.0267. The Balaban J connectivity index is 1.62. The van der Waals surface area contributed by atoms with Gasteiger partial charge in [0.15, 0.2) is 16.8 Å². The van der Waals surface area contributed by atoms with Crippen LogP contribution < -0.4 is 14.9 Å². The lowest BCUT2D eigenvalue weighted by Gasteiger charge is -2.09. The molecule has 0 unspecified atom stereocenters. The molecule has 1 heterocycles. The van der Waals surface area contributed by atoms with Crippen molar-refractivity contribution < 1.29 is 13.9 Å². The summed E-state index contributed by atoms with van der Waals surface area (Å²) in [5.74, 6) is 1.46. The van der Waals surface area contributed by atoms with E-state index in [1.54, 1.807) is 36.4 Å². The fourth-order valence-corrected chi connectivity index (χ4v) is 2.54. The summed E-state index contributed by atoms with van der Waals surface area (Å²) in [6, 6.07) is 18.7. The summed E-state index contributed by atoms with van der Waals surface area (Å²) in [4.78, 5) is 15.9. The molecule has 0 radical (unpaired) electrons. The summed E-state index contributed by atoms with van der Waals surface area (Å²) in [5.41, 5.74) is 1.61. The maximum absolute atomic E-state index is 11.5. The zero-order chi connectivity index (χ0) is 17.2. The number of nitrogens with zero attached hydrogens (tertiary/aromatic N) is 1. The molecule has 1 aliphatic heterocycles. The molecule has 1 aliphatic carbocycles. The second kappa shape index (κ2) is 6.33. The van der Waals surface area contributed by atoms with Gasteiger partial charge in [0, 0.05) is 24.4 Å². The highest BCUT2D eigenvalue weighted by Crippen LogP contribution is 2.26. The van der Waals surface area contributed by atoms with Crippen LogP contribution in [0.1, 0.15) is 0 Å². The summed E-state index contributed by atoms with van der Waals surface area (Å²) in [6.45, 7) is 0. The van der Waals surface area contributed by atoms with Gasteiger partial charge in [-0.3, -0.25) is 4.79 Å². The fourth-order valence-electron chi connectivity index (χ4n) is 2.35. The van der Waals surface area contributed by atoms with Crippen molar-refractivity contribution in [3.05, 3.63) is 77.0 Å². The average molecular weight is 349 g/mol. The number of hydrogen-bond donors (Lipinski definition) is 0. The van der Waals surface area contributed by atoms with Crippen molar-refractivity contribution in [3.63, 3.8) is 0 Å². The number of thiocarbonyl (C=S) groups is 1. The highest BCUT2D eigenvalue weighted by atomic mass is 32.1. The Labute approximate surface area is 147 Å². The minimum absolute atomic E-state index is 0.0267. The van der Waals surface area contributed by atoms with E-state index in [1.165, 1.54) is 12.1 Å². The molecule has 0 saturated heterocycles. The summed E-state index contributed by atoms with van der Waals surface area (Å²) in [7, 11) is 0. The molecule has 5 nitrogen and oxygen atoms in total. The van der Waals surface area contributed by atoms with Crippen LogP contribution in [0.2, 0.25) is 0 Å². The highest BCUT2D eigenvalue weighted by Gasteiger charge is 2.11. The molecule has 0 amide bonds. The lowest BCUT2D eigenvalue weighted by atomic mass is 10.2. The van der Waals surface area contributed by atoms with Gasteiger partial charge in [0.1, 0.15) is 22.7 Å². The molecule has 0 spiro atoms. The third-order valence-electron chi connectivity index (χ3n) is 3.47. The molecular formula is C19H11NO4S. The zero-order valence-corrected chi connectivity index (χ0v) is 13.7. The first kappa shape index (κ1) is 15.3. The van der Waals surface area contributed by atoms with Gasteiger partial charge in [0.25, 0.3) is 0 Å².